The maximum Gasteiger partial charge on any atom is 0.274 e. The number of carbonyl (C=O) groups excluding carboxylic acids is 1. The highest BCUT2D eigenvalue weighted by molar-refractivity contribution is 5.92. The number of benzene rings is 1. The number of aliphatic hydroxyl groups excluding tert-OH is 1. The number of rotatable bonds is 5. The fraction of sp³-hybridized carbons (Fsp3) is 0.500. The van der Waals surface area contributed by atoms with Crippen LogP contribution in [-0.2, 0) is 0 Å². The highest BCUT2D eigenvalue weighted by atomic mass is 16.3. The lowest BCUT2D eigenvalue weighted by atomic mass is 10.1. The van der Waals surface area contributed by atoms with Crippen LogP contribution < -0.4 is 0 Å². The average Bonchev–Trinajstić information content (AvgIpc) is 3.22. The molecule has 2 aromatic rings. The van der Waals surface area contributed by atoms with Crippen molar-refractivity contribution in [1.82, 2.24) is 14.7 Å². The number of aliphatic hydroxyl groups is 1. The van der Waals surface area contributed by atoms with E-state index in [0.717, 1.165) is 30.6 Å². The zero-order valence-electron chi connectivity index (χ0n) is 15.2. The molecule has 1 aliphatic carbocycles. The van der Waals surface area contributed by atoms with Crippen molar-refractivity contribution in [1.29, 1.82) is 0 Å². The van der Waals surface area contributed by atoms with Gasteiger partial charge in [0.2, 0.25) is 0 Å². The summed E-state index contributed by atoms with van der Waals surface area (Å²) >= 11 is 0. The summed E-state index contributed by atoms with van der Waals surface area (Å²) in [4.78, 5) is 14.5. The first-order chi connectivity index (χ1) is 12.0. The van der Waals surface area contributed by atoms with Gasteiger partial charge in [-0.25, -0.2) is 4.68 Å². The summed E-state index contributed by atoms with van der Waals surface area (Å²) < 4.78 is 1.86. The van der Waals surface area contributed by atoms with Gasteiger partial charge in [0, 0.05) is 25.2 Å². The van der Waals surface area contributed by atoms with Crippen LogP contribution in [-0.4, -0.2) is 45.4 Å². The molecule has 25 heavy (non-hydrogen) atoms. The first-order valence-electron chi connectivity index (χ1n) is 9.06. The van der Waals surface area contributed by atoms with Gasteiger partial charge in [-0.2, -0.15) is 5.10 Å². The minimum Gasteiger partial charge on any atom is -0.393 e. The molecule has 0 bridgehead atoms. The van der Waals surface area contributed by atoms with Crippen molar-refractivity contribution in [3.63, 3.8) is 0 Å². The summed E-state index contributed by atoms with van der Waals surface area (Å²) in [5.41, 5.74) is 2.44. The van der Waals surface area contributed by atoms with Gasteiger partial charge >= 0.3 is 0 Å². The van der Waals surface area contributed by atoms with Gasteiger partial charge in [0.15, 0.2) is 5.69 Å². The van der Waals surface area contributed by atoms with Gasteiger partial charge in [-0.15, -0.1) is 0 Å². The van der Waals surface area contributed by atoms with Gasteiger partial charge < -0.3 is 10.0 Å². The predicted octanol–water partition coefficient (Wildman–Crippen LogP) is 3.23. The molecule has 1 aromatic heterocycles. The Bertz CT molecular complexity index is 724. The van der Waals surface area contributed by atoms with Gasteiger partial charge in [0.25, 0.3) is 5.91 Å². The number of aromatic nitrogens is 2. The third kappa shape index (κ3) is 3.76. The van der Waals surface area contributed by atoms with E-state index in [0.29, 0.717) is 12.2 Å². The number of carbonyl (C=O) groups is 1. The first-order valence-corrected chi connectivity index (χ1v) is 9.06. The monoisotopic (exact) mass is 341 g/mol. The van der Waals surface area contributed by atoms with Crippen molar-refractivity contribution in [2.45, 2.75) is 45.1 Å². The van der Waals surface area contributed by atoms with E-state index in [4.69, 9.17) is 0 Å². The second-order valence-corrected chi connectivity index (χ2v) is 7.30. The van der Waals surface area contributed by atoms with Crippen LogP contribution in [0.3, 0.4) is 0 Å². The molecule has 0 spiro atoms. The van der Waals surface area contributed by atoms with Crippen molar-refractivity contribution < 1.29 is 9.90 Å². The van der Waals surface area contributed by atoms with Gasteiger partial charge in [-0.3, -0.25) is 4.79 Å². The van der Waals surface area contributed by atoms with Gasteiger partial charge in [0.1, 0.15) is 0 Å². The Hall–Kier alpha value is -2.14. The molecule has 1 saturated carbocycles. The fourth-order valence-corrected chi connectivity index (χ4v) is 3.55. The molecule has 5 heteroatoms. The molecule has 0 saturated heterocycles. The molecule has 2 unspecified atom stereocenters. The molecule has 2 atom stereocenters. The van der Waals surface area contributed by atoms with Crippen molar-refractivity contribution in [2.24, 2.45) is 5.92 Å². The molecule has 1 aliphatic rings. The minimum atomic E-state index is -0.289. The first kappa shape index (κ1) is 17.7. The molecule has 3 rings (SSSR count). The number of hydrogen-bond acceptors (Lipinski definition) is 3. The average molecular weight is 341 g/mol. The number of amides is 1. The van der Waals surface area contributed by atoms with E-state index in [1.807, 2.05) is 41.1 Å². The molecule has 1 fully saturated rings. The summed E-state index contributed by atoms with van der Waals surface area (Å²) in [6, 6.07) is 11.8. The highest BCUT2D eigenvalue weighted by Gasteiger charge is 2.28. The summed E-state index contributed by atoms with van der Waals surface area (Å²) in [6.45, 7) is 4.78. The smallest absolute Gasteiger partial charge is 0.274 e. The van der Waals surface area contributed by atoms with Crippen LogP contribution in [0.15, 0.2) is 36.4 Å². The standard InChI is InChI=1S/C20H27N3O2/c1-14(2)18-12-17(21-23(18)16-9-5-4-6-10-16)20(25)22(3)13-15-8-7-11-19(15)24/h4-6,9-10,12,14-15,19,24H,7-8,11,13H2,1-3H3. The Balaban J connectivity index is 1.83. The van der Waals surface area contributed by atoms with Crippen molar-refractivity contribution in [3.05, 3.63) is 47.8 Å². The Labute approximate surface area is 149 Å². The normalized spacial score (nSPS) is 20.2. The predicted molar refractivity (Wildman–Crippen MR) is 98.0 cm³/mol. The number of hydrogen-bond donors (Lipinski definition) is 1. The maximum atomic E-state index is 12.8. The molecule has 1 heterocycles. The molecule has 1 N–H and O–H groups in total. The Morgan fingerprint density at radius 2 is 2.04 bits per heavy atom. The minimum absolute atomic E-state index is 0.0873. The van der Waals surface area contributed by atoms with Gasteiger partial charge in [-0.05, 0) is 37.0 Å². The van der Waals surface area contributed by atoms with Crippen LogP contribution >= 0.6 is 0 Å². The quantitative estimate of drug-likeness (QED) is 0.908. The van der Waals surface area contributed by atoms with Crippen LogP contribution in [0.25, 0.3) is 5.69 Å². The van der Waals surface area contributed by atoms with E-state index < -0.39 is 0 Å². The van der Waals surface area contributed by atoms with Crippen molar-refractivity contribution in [3.8, 4) is 5.69 Å². The topological polar surface area (TPSA) is 58.4 Å². The maximum absolute atomic E-state index is 12.8. The lowest BCUT2D eigenvalue weighted by molar-refractivity contribution is 0.0688. The van der Waals surface area contributed by atoms with E-state index in [-0.39, 0.29) is 23.8 Å². The van der Waals surface area contributed by atoms with E-state index in [1.165, 1.54) is 0 Å². The Morgan fingerprint density at radius 1 is 1.32 bits per heavy atom. The largest absolute Gasteiger partial charge is 0.393 e. The van der Waals surface area contributed by atoms with E-state index in [1.54, 1.807) is 11.9 Å². The van der Waals surface area contributed by atoms with Crippen LogP contribution in [0.5, 0.6) is 0 Å². The summed E-state index contributed by atoms with van der Waals surface area (Å²) in [6.07, 6.45) is 2.57. The van der Waals surface area contributed by atoms with Crippen molar-refractivity contribution >= 4 is 5.91 Å². The molecule has 0 aliphatic heterocycles. The highest BCUT2D eigenvalue weighted by Crippen LogP contribution is 2.27. The van der Waals surface area contributed by atoms with Crippen LogP contribution in [0, 0.1) is 5.92 Å². The molecule has 0 radical (unpaired) electrons. The van der Waals surface area contributed by atoms with Gasteiger partial charge in [-0.1, -0.05) is 38.5 Å². The number of para-hydroxylation sites is 1. The Morgan fingerprint density at radius 3 is 2.64 bits per heavy atom. The molecule has 134 valence electrons. The summed E-state index contributed by atoms with van der Waals surface area (Å²) in [7, 11) is 1.80. The molecule has 1 aromatic carbocycles. The number of nitrogens with zero attached hydrogens (tertiary/aromatic N) is 3. The van der Waals surface area contributed by atoms with Gasteiger partial charge in [0.05, 0.1) is 11.8 Å². The van der Waals surface area contributed by atoms with E-state index >= 15 is 0 Å². The lowest BCUT2D eigenvalue weighted by Gasteiger charge is -2.22. The van der Waals surface area contributed by atoms with E-state index in [2.05, 4.69) is 18.9 Å². The summed E-state index contributed by atoms with van der Waals surface area (Å²) in [5, 5.41) is 14.6. The molecular weight excluding hydrogens is 314 g/mol. The fourth-order valence-electron chi connectivity index (χ4n) is 3.55. The lowest BCUT2D eigenvalue weighted by Crippen LogP contribution is -2.34. The molecular formula is C20H27N3O2. The molecule has 1 amide bonds. The third-order valence-corrected chi connectivity index (χ3v) is 5.02. The zero-order chi connectivity index (χ0) is 18.0. The molecule has 5 nitrogen and oxygen atoms in total. The zero-order valence-corrected chi connectivity index (χ0v) is 15.2. The second-order valence-electron chi connectivity index (χ2n) is 7.30. The van der Waals surface area contributed by atoms with Crippen LogP contribution in [0.4, 0.5) is 0 Å². The SMILES string of the molecule is CC(C)c1cc(C(=O)N(C)CC2CCCC2O)nn1-c1ccccc1. The summed E-state index contributed by atoms with van der Waals surface area (Å²) in [5.74, 6) is 0.349. The van der Waals surface area contributed by atoms with Crippen molar-refractivity contribution in [2.75, 3.05) is 13.6 Å². The van der Waals surface area contributed by atoms with E-state index in [9.17, 15) is 9.90 Å². The van der Waals surface area contributed by atoms with Crippen LogP contribution in [0.1, 0.15) is 55.2 Å². The Kier molecular flexibility index (Phi) is 5.23. The third-order valence-electron chi connectivity index (χ3n) is 5.02. The van der Waals surface area contributed by atoms with Crippen LogP contribution in [0.2, 0.25) is 0 Å². The second kappa shape index (κ2) is 7.40.